The predicted molar refractivity (Wildman–Crippen MR) is 123 cm³/mol. The smallest absolute Gasteiger partial charge is 0.260 e. The maximum atomic E-state index is 12.8. The Morgan fingerprint density at radius 2 is 1.84 bits per heavy atom. The fourth-order valence-electron chi connectivity index (χ4n) is 3.53. The first-order chi connectivity index (χ1) is 15.1. The lowest BCUT2D eigenvalue weighted by Crippen LogP contribution is -2.21. The van der Waals surface area contributed by atoms with Gasteiger partial charge in [-0.25, -0.2) is 4.98 Å². The molecule has 0 spiro atoms. The van der Waals surface area contributed by atoms with Crippen molar-refractivity contribution in [1.29, 1.82) is 0 Å². The summed E-state index contributed by atoms with van der Waals surface area (Å²) in [4.78, 5) is 32.8. The second-order valence-corrected chi connectivity index (χ2v) is 7.50. The molecule has 0 bridgehead atoms. The van der Waals surface area contributed by atoms with Crippen molar-refractivity contribution >= 4 is 5.78 Å². The summed E-state index contributed by atoms with van der Waals surface area (Å²) < 4.78 is 1.38. The number of H-pyrrole nitrogens is 1. The molecule has 0 saturated heterocycles. The fraction of sp³-hybridized carbons (Fsp3) is 0.208. The molecule has 0 aliphatic rings. The fourth-order valence-corrected chi connectivity index (χ4v) is 3.53. The number of nitrogens with one attached hydrogen (secondary N) is 2. The van der Waals surface area contributed by atoms with Crippen molar-refractivity contribution in [2.45, 2.75) is 19.9 Å². The van der Waals surface area contributed by atoms with Crippen molar-refractivity contribution in [3.05, 3.63) is 92.6 Å². The maximum absolute atomic E-state index is 12.8. The standard InChI is InChI=1S/C24H25N5O2/c1-16-5-2-3-6-19(16)21-13-22(30)29-15-20(23(31)28-24(29)27-21)18-9-7-17(8-10-18)14-26-12-4-11-25/h2-3,5-10,13,15,26H,4,11-12,14,25H2,1H3,(H,27,28,31). The number of benzene rings is 2. The monoisotopic (exact) mass is 415 g/mol. The zero-order valence-electron chi connectivity index (χ0n) is 17.4. The Bertz CT molecular complexity index is 1320. The van der Waals surface area contributed by atoms with E-state index >= 15 is 0 Å². The largest absolute Gasteiger partial charge is 0.330 e. The second kappa shape index (κ2) is 9.07. The molecule has 0 aliphatic carbocycles. The first kappa shape index (κ1) is 20.7. The van der Waals surface area contributed by atoms with Crippen LogP contribution in [-0.2, 0) is 6.54 Å². The van der Waals surface area contributed by atoms with E-state index in [4.69, 9.17) is 5.73 Å². The Kier molecular flexibility index (Phi) is 6.06. The van der Waals surface area contributed by atoms with Crippen LogP contribution in [0.5, 0.6) is 0 Å². The number of nitrogens with two attached hydrogens (primary N) is 1. The van der Waals surface area contributed by atoms with Crippen LogP contribution in [0.25, 0.3) is 28.2 Å². The second-order valence-electron chi connectivity index (χ2n) is 7.50. The Morgan fingerprint density at radius 1 is 1.06 bits per heavy atom. The highest BCUT2D eigenvalue weighted by Crippen LogP contribution is 2.21. The van der Waals surface area contributed by atoms with Crippen LogP contribution in [0.2, 0.25) is 0 Å². The highest BCUT2D eigenvalue weighted by atomic mass is 16.1. The zero-order valence-corrected chi connectivity index (χ0v) is 17.4. The summed E-state index contributed by atoms with van der Waals surface area (Å²) in [6.45, 7) is 4.22. The summed E-state index contributed by atoms with van der Waals surface area (Å²) in [5.41, 5.74) is 9.64. The number of aromatic amines is 1. The van der Waals surface area contributed by atoms with Gasteiger partial charge in [0.2, 0.25) is 5.78 Å². The highest BCUT2D eigenvalue weighted by Gasteiger charge is 2.11. The van der Waals surface area contributed by atoms with Crippen LogP contribution in [0.15, 0.2) is 70.4 Å². The lowest BCUT2D eigenvalue weighted by atomic mass is 10.1. The summed E-state index contributed by atoms with van der Waals surface area (Å²) >= 11 is 0. The zero-order chi connectivity index (χ0) is 21.8. The number of aromatic nitrogens is 3. The summed E-state index contributed by atoms with van der Waals surface area (Å²) in [6.07, 6.45) is 2.48. The Hall–Kier alpha value is -3.55. The van der Waals surface area contributed by atoms with Gasteiger partial charge in [0, 0.05) is 24.4 Å². The Labute approximate surface area is 179 Å². The summed E-state index contributed by atoms with van der Waals surface area (Å²) in [5, 5.41) is 3.33. The van der Waals surface area contributed by atoms with E-state index in [0.717, 1.165) is 41.8 Å². The molecular weight excluding hydrogens is 390 g/mol. The molecule has 2 aromatic carbocycles. The average Bonchev–Trinajstić information content (AvgIpc) is 2.77. The maximum Gasteiger partial charge on any atom is 0.260 e. The highest BCUT2D eigenvalue weighted by molar-refractivity contribution is 5.66. The molecule has 4 rings (SSSR count). The van der Waals surface area contributed by atoms with Crippen molar-refractivity contribution in [2.75, 3.05) is 13.1 Å². The molecule has 158 valence electrons. The van der Waals surface area contributed by atoms with E-state index in [-0.39, 0.29) is 16.9 Å². The molecule has 7 nitrogen and oxygen atoms in total. The molecule has 0 fully saturated rings. The molecule has 2 heterocycles. The molecule has 0 atom stereocenters. The van der Waals surface area contributed by atoms with E-state index < -0.39 is 0 Å². The minimum absolute atomic E-state index is 0.222. The number of hydrogen-bond acceptors (Lipinski definition) is 5. The quantitative estimate of drug-likeness (QED) is 0.402. The van der Waals surface area contributed by atoms with Gasteiger partial charge in [0.25, 0.3) is 11.1 Å². The molecule has 2 aromatic heterocycles. The van der Waals surface area contributed by atoms with E-state index in [9.17, 15) is 9.59 Å². The van der Waals surface area contributed by atoms with Crippen molar-refractivity contribution in [3.8, 4) is 22.4 Å². The molecule has 4 aromatic rings. The van der Waals surface area contributed by atoms with Crippen molar-refractivity contribution < 1.29 is 0 Å². The van der Waals surface area contributed by atoms with Crippen LogP contribution in [0.3, 0.4) is 0 Å². The van der Waals surface area contributed by atoms with Crippen molar-refractivity contribution in [2.24, 2.45) is 5.73 Å². The van der Waals surface area contributed by atoms with Crippen LogP contribution in [0.1, 0.15) is 17.5 Å². The van der Waals surface area contributed by atoms with Crippen molar-refractivity contribution in [1.82, 2.24) is 19.7 Å². The summed E-state index contributed by atoms with van der Waals surface area (Å²) in [7, 11) is 0. The normalized spacial score (nSPS) is 11.2. The SMILES string of the molecule is Cc1ccccc1-c1cc(=O)n2cc(-c3ccc(CNCCCN)cc3)c(=O)[nH]c2n1. The molecule has 0 saturated carbocycles. The lowest BCUT2D eigenvalue weighted by molar-refractivity contribution is 0.655. The van der Waals surface area contributed by atoms with Crippen LogP contribution in [0.4, 0.5) is 0 Å². The van der Waals surface area contributed by atoms with Gasteiger partial charge in [-0.3, -0.25) is 19.0 Å². The molecule has 4 N–H and O–H groups in total. The van der Waals surface area contributed by atoms with Gasteiger partial charge in [-0.2, -0.15) is 0 Å². The van der Waals surface area contributed by atoms with Crippen molar-refractivity contribution in [3.63, 3.8) is 0 Å². The Balaban J connectivity index is 1.67. The molecule has 31 heavy (non-hydrogen) atoms. The van der Waals surface area contributed by atoms with E-state index in [1.54, 1.807) is 6.20 Å². The van der Waals surface area contributed by atoms with Gasteiger partial charge in [-0.05, 0) is 43.1 Å². The topological polar surface area (TPSA) is 105 Å². The number of hydrogen-bond donors (Lipinski definition) is 3. The predicted octanol–water partition coefficient (Wildman–Crippen LogP) is 2.46. The third-order valence-electron chi connectivity index (χ3n) is 5.25. The van der Waals surface area contributed by atoms with E-state index in [2.05, 4.69) is 15.3 Å². The van der Waals surface area contributed by atoms with Crippen LogP contribution < -0.4 is 22.2 Å². The average molecular weight is 415 g/mol. The molecular formula is C24H25N5O2. The van der Waals surface area contributed by atoms with Gasteiger partial charge in [0.15, 0.2) is 0 Å². The first-order valence-corrected chi connectivity index (χ1v) is 10.3. The van der Waals surface area contributed by atoms with Gasteiger partial charge in [0.1, 0.15) is 0 Å². The Morgan fingerprint density at radius 3 is 2.58 bits per heavy atom. The first-order valence-electron chi connectivity index (χ1n) is 10.3. The number of nitrogens with zero attached hydrogens (tertiary/aromatic N) is 2. The van der Waals surface area contributed by atoms with E-state index in [0.29, 0.717) is 17.8 Å². The van der Waals surface area contributed by atoms with Gasteiger partial charge in [-0.1, -0.05) is 48.5 Å². The van der Waals surface area contributed by atoms with Crippen LogP contribution >= 0.6 is 0 Å². The van der Waals surface area contributed by atoms with Crippen LogP contribution in [0, 0.1) is 6.92 Å². The third kappa shape index (κ3) is 4.47. The molecule has 0 radical (unpaired) electrons. The third-order valence-corrected chi connectivity index (χ3v) is 5.25. The summed E-state index contributed by atoms with van der Waals surface area (Å²) in [6, 6.07) is 16.9. The van der Waals surface area contributed by atoms with E-state index in [1.165, 1.54) is 10.5 Å². The van der Waals surface area contributed by atoms with Gasteiger partial charge in [0.05, 0.1) is 11.3 Å². The molecule has 0 unspecified atom stereocenters. The molecule has 0 aliphatic heterocycles. The minimum Gasteiger partial charge on any atom is -0.330 e. The molecule has 0 amide bonds. The van der Waals surface area contributed by atoms with E-state index in [1.807, 2.05) is 55.5 Å². The van der Waals surface area contributed by atoms with Crippen LogP contribution in [-0.4, -0.2) is 27.5 Å². The number of aryl methyl sites for hydroxylation is 1. The number of fused-ring (bicyclic) bond motifs is 1. The minimum atomic E-state index is -0.289. The van der Waals surface area contributed by atoms with Gasteiger partial charge < -0.3 is 11.1 Å². The summed E-state index contributed by atoms with van der Waals surface area (Å²) in [5.74, 6) is 0.222. The van der Waals surface area contributed by atoms with Gasteiger partial charge in [-0.15, -0.1) is 0 Å². The number of rotatable bonds is 7. The lowest BCUT2D eigenvalue weighted by Gasteiger charge is -2.09. The van der Waals surface area contributed by atoms with Gasteiger partial charge >= 0.3 is 0 Å². The molecule has 7 heteroatoms.